The van der Waals surface area contributed by atoms with Gasteiger partial charge in [-0.1, -0.05) is 30.7 Å². The quantitative estimate of drug-likeness (QED) is 0.930. The SMILES string of the molecule is C[C@@H]1CN(C)CC[C@@H]1NC(=O)C(F)(F)c1cccc(Cl)c1. The molecule has 0 unspecified atom stereocenters. The monoisotopic (exact) mass is 316 g/mol. The Labute approximate surface area is 128 Å². The van der Waals surface area contributed by atoms with E-state index < -0.39 is 11.8 Å². The first-order valence-electron chi connectivity index (χ1n) is 6.94. The number of nitrogens with one attached hydrogen (secondary N) is 1. The fourth-order valence-electron chi connectivity index (χ4n) is 2.64. The number of likely N-dealkylation sites (tertiary alicyclic amines) is 1. The number of amides is 1. The molecule has 1 aliphatic heterocycles. The Morgan fingerprint density at radius 2 is 2.19 bits per heavy atom. The standard InChI is InChI=1S/C15H19ClF2N2O/c1-10-9-20(2)7-6-13(10)19-14(21)15(17,18)11-4-3-5-12(16)8-11/h3-5,8,10,13H,6-7,9H2,1-2H3,(H,19,21)/t10-,13+/m1/s1. The van der Waals surface area contributed by atoms with Gasteiger partial charge in [0.05, 0.1) is 0 Å². The first kappa shape index (κ1) is 16.2. The Morgan fingerprint density at radius 3 is 2.81 bits per heavy atom. The van der Waals surface area contributed by atoms with Gasteiger partial charge in [-0.05, 0) is 38.1 Å². The van der Waals surface area contributed by atoms with Gasteiger partial charge in [-0.25, -0.2) is 0 Å². The molecule has 1 N–H and O–H groups in total. The van der Waals surface area contributed by atoms with Crippen LogP contribution in [0.5, 0.6) is 0 Å². The van der Waals surface area contributed by atoms with Crippen LogP contribution in [0.25, 0.3) is 0 Å². The Bertz CT molecular complexity index is 524. The summed E-state index contributed by atoms with van der Waals surface area (Å²) in [5.41, 5.74) is -0.381. The summed E-state index contributed by atoms with van der Waals surface area (Å²) in [5, 5.41) is 2.68. The Hall–Kier alpha value is -1.20. The minimum Gasteiger partial charge on any atom is -0.347 e. The summed E-state index contributed by atoms with van der Waals surface area (Å²) in [6.45, 7) is 3.53. The van der Waals surface area contributed by atoms with E-state index >= 15 is 0 Å². The second-order valence-corrected chi connectivity index (χ2v) is 6.13. The van der Waals surface area contributed by atoms with Gasteiger partial charge in [0.1, 0.15) is 0 Å². The third-order valence-corrected chi connectivity index (χ3v) is 4.13. The molecule has 2 atom stereocenters. The maximum absolute atomic E-state index is 14.2. The van der Waals surface area contributed by atoms with Crippen LogP contribution in [0.2, 0.25) is 5.02 Å². The summed E-state index contributed by atoms with van der Waals surface area (Å²) in [7, 11) is 1.98. The fourth-order valence-corrected chi connectivity index (χ4v) is 2.83. The molecule has 0 saturated carbocycles. The number of hydrogen-bond acceptors (Lipinski definition) is 2. The van der Waals surface area contributed by atoms with Crippen LogP contribution in [-0.4, -0.2) is 37.0 Å². The highest BCUT2D eigenvalue weighted by molar-refractivity contribution is 6.30. The molecular weight excluding hydrogens is 298 g/mol. The van der Waals surface area contributed by atoms with Gasteiger partial charge in [-0.15, -0.1) is 0 Å². The Morgan fingerprint density at radius 1 is 1.48 bits per heavy atom. The van der Waals surface area contributed by atoms with E-state index in [2.05, 4.69) is 10.2 Å². The molecule has 21 heavy (non-hydrogen) atoms. The van der Waals surface area contributed by atoms with Crippen molar-refractivity contribution < 1.29 is 13.6 Å². The van der Waals surface area contributed by atoms with Crippen LogP contribution in [0.3, 0.4) is 0 Å². The van der Waals surface area contributed by atoms with Crippen molar-refractivity contribution in [1.82, 2.24) is 10.2 Å². The van der Waals surface area contributed by atoms with Gasteiger partial charge < -0.3 is 10.2 Å². The van der Waals surface area contributed by atoms with Gasteiger partial charge in [0, 0.05) is 23.2 Å². The zero-order chi connectivity index (χ0) is 15.6. The van der Waals surface area contributed by atoms with Crippen LogP contribution >= 0.6 is 11.6 Å². The van der Waals surface area contributed by atoms with Crippen molar-refractivity contribution in [2.45, 2.75) is 25.3 Å². The normalized spacial score (nSPS) is 23.9. The lowest BCUT2D eigenvalue weighted by molar-refractivity contribution is -0.148. The molecule has 3 nitrogen and oxygen atoms in total. The van der Waals surface area contributed by atoms with Crippen LogP contribution in [0.15, 0.2) is 24.3 Å². The zero-order valence-corrected chi connectivity index (χ0v) is 12.8. The molecule has 0 spiro atoms. The summed E-state index contributed by atoms with van der Waals surface area (Å²) in [6, 6.07) is 5.02. The molecule has 1 aromatic rings. The molecule has 1 fully saturated rings. The Kier molecular flexibility index (Phi) is 4.84. The third kappa shape index (κ3) is 3.71. The number of halogens is 3. The van der Waals surface area contributed by atoms with E-state index in [1.54, 1.807) is 0 Å². The molecule has 0 radical (unpaired) electrons. The van der Waals surface area contributed by atoms with E-state index in [4.69, 9.17) is 11.6 Å². The molecule has 1 aliphatic rings. The van der Waals surface area contributed by atoms with Gasteiger partial charge in [0.25, 0.3) is 5.91 Å². The van der Waals surface area contributed by atoms with Crippen molar-refractivity contribution in [2.24, 2.45) is 5.92 Å². The molecular formula is C15H19ClF2N2O. The molecule has 1 heterocycles. The molecule has 116 valence electrons. The van der Waals surface area contributed by atoms with Crippen molar-refractivity contribution in [3.8, 4) is 0 Å². The van der Waals surface area contributed by atoms with E-state index in [1.807, 2.05) is 14.0 Å². The van der Waals surface area contributed by atoms with Crippen LogP contribution in [0, 0.1) is 5.92 Å². The number of hydrogen-bond donors (Lipinski definition) is 1. The van der Waals surface area contributed by atoms with Gasteiger partial charge in [0.2, 0.25) is 0 Å². The molecule has 0 aliphatic carbocycles. The van der Waals surface area contributed by atoms with Crippen LogP contribution < -0.4 is 5.32 Å². The maximum Gasteiger partial charge on any atom is 0.349 e. The van der Waals surface area contributed by atoms with E-state index in [9.17, 15) is 13.6 Å². The average Bonchev–Trinajstić information content (AvgIpc) is 2.41. The Balaban J connectivity index is 2.08. The highest BCUT2D eigenvalue weighted by Crippen LogP contribution is 2.30. The lowest BCUT2D eigenvalue weighted by Gasteiger charge is -2.35. The number of alkyl halides is 2. The lowest BCUT2D eigenvalue weighted by Crippen LogP contribution is -2.52. The zero-order valence-electron chi connectivity index (χ0n) is 12.1. The van der Waals surface area contributed by atoms with Gasteiger partial charge in [-0.3, -0.25) is 4.79 Å². The number of rotatable bonds is 3. The molecule has 2 rings (SSSR count). The van der Waals surface area contributed by atoms with Crippen molar-refractivity contribution in [2.75, 3.05) is 20.1 Å². The van der Waals surface area contributed by atoms with Gasteiger partial charge in [-0.2, -0.15) is 8.78 Å². The summed E-state index contributed by atoms with van der Waals surface area (Å²) < 4.78 is 28.4. The van der Waals surface area contributed by atoms with Crippen LogP contribution in [0.1, 0.15) is 18.9 Å². The second kappa shape index (κ2) is 6.28. The maximum atomic E-state index is 14.2. The molecule has 1 amide bonds. The van der Waals surface area contributed by atoms with Gasteiger partial charge >= 0.3 is 5.92 Å². The van der Waals surface area contributed by atoms with Crippen LogP contribution in [-0.2, 0) is 10.7 Å². The van der Waals surface area contributed by atoms with Crippen molar-refractivity contribution in [1.29, 1.82) is 0 Å². The fraction of sp³-hybridized carbons (Fsp3) is 0.533. The molecule has 6 heteroatoms. The number of piperidine rings is 1. The van der Waals surface area contributed by atoms with Crippen molar-refractivity contribution in [3.63, 3.8) is 0 Å². The summed E-state index contributed by atoms with van der Waals surface area (Å²) in [4.78, 5) is 14.1. The van der Waals surface area contributed by atoms with Crippen molar-refractivity contribution in [3.05, 3.63) is 34.9 Å². The second-order valence-electron chi connectivity index (χ2n) is 5.69. The molecule has 0 bridgehead atoms. The largest absolute Gasteiger partial charge is 0.349 e. The minimum absolute atomic E-state index is 0.142. The predicted octanol–water partition coefficient (Wildman–Crippen LogP) is 2.89. The lowest BCUT2D eigenvalue weighted by atomic mass is 9.93. The average molecular weight is 317 g/mol. The first-order valence-corrected chi connectivity index (χ1v) is 7.32. The molecule has 1 aromatic carbocycles. The third-order valence-electron chi connectivity index (χ3n) is 3.90. The number of nitrogens with zero attached hydrogens (tertiary/aromatic N) is 1. The smallest absolute Gasteiger partial charge is 0.347 e. The van der Waals surface area contributed by atoms with E-state index in [0.29, 0.717) is 6.42 Å². The first-order chi connectivity index (χ1) is 9.80. The predicted molar refractivity (Wildman–Crippen MR) is 78.6 cm³/mol. The minimum atomic E-state index is -3.58. The van der Waals surface area contributed by atoms with Crippen molar-refractivity contribution >= 4 is 17.5 Å². The summed E-state index contributed by atoms with van der Waals surface area (Å²) in [5.74, 6) is -4.69. The van der Waals surface area contributed by atoms with Crippen LogP contribution in [0.4, 0.5) is 8.78 Å². The number of benzene rings is 1. The number of carbonyl (C=O) groups is 1. The number of carbonyl (C=O) groups excluding carboxylic acids is 1. The highest BCUT2D eigenvalue weighted by atomic mass is 35.5. The van der Waals surface area contributed by atoms with E-state index in [-0.39, 0.29) is 22.5 Å². The van der Waals surface area contributed by atoms with Gasteiger partial charge in [0.15, 0.2) is 0 Å². The highest BCUT2D eigenvalue weighted by Gasteiger charge is 2.42. The summed E-state index contributed by atoms with van der Waals surface area (Å²) >= 11 is 5.72. The molecule has 0 aromatic heterocycles. The topological polar surface area (TPSA) is 32.3 Å². The van der Waals surface area contributed by atoms with E-state index in [0.717, 1.165) is 19.2 Å². The summed E-state index contributed by atoms with van der Waals surface area (Å²) in [6.07, 6.45) is 0.676. The molecule has 1 saturated heterocycles. The van der Waals surface area contributed by atoms with E-state index in [1.165, 1.54) is 18.2 Å².